The number of hydrogen-bond acceptors (Lipinski definition) is 4. The lowest BCUT2D eigenvalue weighted by molar-refractivity contribution is -0.163. The van der Waals surface area contributed by atoms with E-state index < -0.39 is 6.10 Å². The Morgan fingerprint density at radius 3 is 2.23 bits per heavy atom. The number of carbonyl (C=O) groups is 3. The van der Waals surface area contributed by atoms with E-state index >= 15 is 0 Å². The van der Waals surface area contributed by atoms with Gasteiger partial charge in [0, 0.05) is 32.4 Å². The molecule has 0 bridgehead atoms. The predicted molar refractivity (Wildman–Crippen MR) is 118 cm³/mol. The third-order valence-corrected chi connectivity index (χ3v) is 5.42. The normalized spacial score (nSPS) is 15.1. The summed E-state index contributed by atoms with van der Waals surface area (Å²) in [6.45, 7) is 2.99. The van der Waals surface area contributed by atoms with Gasteiger partial charge in [0.25, 0.3) is 5.91 Å². The van der Waals surface area contributed by atoms with Crippen LogP contribution in [0.15, 0.2) is 60.7 Å². The summed E-state index contributed by atoms with van der Waals surface area (Å²) in [5.74, 6) is -0.926. The van der Waals surface area contributed by atoms with Gasteiger partial charge in [-0.2, -0.15) is 0 Å². The van der Waals surface area contributed by atoms with Crippen molar-refractivity contribution < 1.29 is 19.1 Å². The maximum absolute atomic E-state index is 12.6. The van der Waals surface area contributed by atoms with Gasteiger partial charge in [-0.05, 0) is 37.5 Å². The Kier molecular flexibility index (Phi) is 7.65. The molecule has 3 amide bonds. The molecule has 164 valence electrons. The highest BCUT2D eigenvalue weighted by Gasteiger charge is 2.31. The molecule has 0 spiro atoms. The second-order valence-electron chi connectivity index (χ2n) is 7.82. The molecule has 1 aliphatic rings. The van der Waals surface area contributed by atoms with Crippen LogP contribution in [0.3, 0.4) is 0 Å². The van der Waals surface area contributed by atoms with Crippen molar-refractivity contribution in [3.63, 3.8) is 0 Å². The molecule has 0 aromatic heterocycles. The van der Waals surface area contributed by atoms with Gasteiger partial charge in [0.1, 0.15) is 0 Å². The maximum atomic E-state index is 12.6. The number of piperidine rings is 1. The lowest BCUT2D eigenvalue weighted by Crippen LogP contribution is -2.44. The van der Waals surface area contributed by atoms with Crippen LogP contribution < -0.4 is 5.32 Å². The third-order valence-electron chi connectivity index (χ3n) is 5.42. The number of likely N-dealkylation sites (N-methyl/N-ethyl adjacent to an activating group) is 1. The third kappa shape index (κ3) is 6.31. The molecule has 1 heterocycles. The quantitative estimate of drug-likeness (QED) is 0.721. The monoisotopic (exact) mass is 423 g/mol. The molecule has 0 saturated carbocycles. The summed E-state index contributed by atoms with van der Waals surface area (Å²) in [6.07, 6.45) is 0.185. The van der Waals surface area contributed by atoms with Crippen LogP contribution in [-0.2, 0) is 20.9 Å². The fourth-order valence-electron chi connectivity index (χ4n) is 3.61. The minimum atomic E-state index is -0.847. The van der Waals surface area contributed by atoms with E-state index in [0.29, 0.717) is 32.5 Å². The number of ether oxygens (including phenoxy) is 1. The molecule has 7 nitrogen and oxygen atoms in total. The van der Waals surface area contributed by atoms with E-state index in [1.165, 1.54) is 0 Å². The Hall–Kier alpha value is -3.35. The zero-order valence-corrected chi connectivity index (χ0v) is 18.0. The summed E-state index contributed by atoms with van der Waals surface area (Å²) >= 11 is 0. The van der Waals surface area contributed by atoms with Crippen molar-refractivity contribution in [3.05, 3.63) is 66.2 Å². The molecular weight excluding hydrogens is 394 g/mol. The summed E-state index contributed by atoms with van der Waals surface area (Å²) in [5.41, 5.74) is 1.75. The average Bonchev–Trinajstić information content (AvgIpc) is 2.79. The molecule has 1 atom stereocenters. The van der Waals surface area contributed by atoms with Crippen molar-refractivity contribution in [1.29, 1.82) is 0 Å². The van der Waals surface area contributed by atoms with E-state index in [2.05, 4.69) is 5.32 Å². The molecule has 0 unspecified atom stereocenters. The van der Waals surface area contributed by atoms with Crippen LogP contribution in [0.4, 0.5) is 10.5 Å². The number of hydrogen-bond donors (Lipinski definition) is 1. The molecular formula is C24H29N3O4. The summed E-state index contributed by atoms with van der Waals surface area (Å²) in [5, 5.41) is 2.86. The number of benzene rings is 2. The van der Waals surface area contributed by atoms with Crippen LogP contribution in [-0.4, -0.2) is 53.9 Å². The predicted octanol–water partition coefficient (Wildman–Crippen LogP) is 3.52. The lowest BCUT2D eigenvalue weighted by Gasteiger charge is -2.31. The fourth-order valence-corrected chi connectivity index (χ4v) is 3.61. The van der Waals surface area contributed by atoms with Gasteiger partial charge in [0.15, 0.2) is 6.10 Å². The summed E-state index contributed by atoms with van der Waals surface area (Å²) in [7, 11) is 1.70. The molecule has 3 rings (SSSR count). The van der Waals surface area contributed by atoms with Crippen molar-refractivity contribution >= 4 is 23.6 Å². The van der Waals surface area contributed by atoms with Gasteiger partial charge in [0.05, 0.1) is 5.92 Å². The second-order valence-corrected chi connectivity index (χ2v) is 7.82. The van der Waals surface area contributed by atoms with Gasteiger partial charge in [-0.3, -0.25) is 9.59 Å². The Morgan fingerprint density at radius 2 is 1.61 bits per heavy atom. The topological polar surface area (TPSA) is 79.0 Å². The average molecular weight is 424 g/mol. The Morgan fingerprint density at radius 1 is 1.03 bits per heavy atom. The van der Waals surface area contributed by atoms with Crippen molar-refractivity contribution in [2.75, 3.05) is 25.5 Å². The Balaban J connectivity index is 1.43. The second kappa shape index (κ2) is 10.6. The number of para-hydroxylation sites is 1. The number of esters is 1. The van der Waals surface area contributed by atoms with Crippen molar-refractivity contribution in [3.8, 4) is 0 Å². The highest BCUT2D eigenvalue weighted by molar-refractivity contribution is 5.89. The van der Waals surface area contributed by atoms with Gasteiger partial charge in [-0.1, -0.05) is 48.5 Å². The lowest BCUT2D eigenvalue weighted by atomic mass is 9.97. The highest BCUT2D eigenvalue weighted by atomic mass is 16.5. The highest BCUT2D eigenvalue weighted by Crippen LogP contribution is 2.20. The molecule has 1 aliphatic heterocycles. The maximum Gasteiger partial charge on any atom is 0.321 e. The SMILES string of the molecule is C[C@H](OC(=O)C1CCN(C(=O)Nc2ccccc2)CC1)C(=O)N(C)Cc1ccccc1. The van der Waals surface area contributed by atoms with Crippen molar-refractivity contribution in [2.45, 2.75) is 32.4 Å². The van der Waals surface area contributed by atoms with Gasteiger partial charge in [-0.25, -0.2) is 4.79 Å². The molecule has 0 aliphatic carbocycles. The number of anilines is 1. The van der Waals surface area contributed by atoms with Crippen LogP contribution in [0.1, 0.15) is 25.3 Å². The minimum absolute atomic E-state index is 0.177. The number of carbonyl (C=O) groups excluding carboxylic acids is 3. The Labute approximate surface area is 183 Å². The first-order valence-electron chi connectivity index (χ1n) is 10.5. The first kappa shape index (κ1) is 22.3. The largest absolute Gasteiger partial charge is 0.452 e. The van der Waals surface area contributed by atoms with Gasteiger partial charge in [-0.15, -0.1) is 0 Å². The summed E-state index contributed by atoms with van der Waals surface area (Å²) in [4.78, 5) is 40.8. The number of nitrogens with one attached hydrogen (secondary N) is 1. The molecule has 1 fully saturated rings. The number of amides is 3. The van der Waals surface area contributed by atoms with Gasteiger partial charge >= 0.3 is 12.0 Å². The number of rotatable bonds is 6. The van der Waals surface area contributed by atoms with E-state index in [9.17, 15) is 14.4 Å². The van der Waals surface area contributed by atoms with E-state index in [1.54, 1.807) is 23.8 Å². The van der Waals surface area contributed by atoms with Gasteiger partial charge in [0.2, 0.25) is 0 Å². The zero-order valence-electron chi connectivity index (χ0n) is 18.0. The smallest absolute Gasteiger partial charge is 0.321 e. The van der Waals surface area contributed by atoms with Gasteiger partial charge < -0.3 is 19.9 Å². The summed E-state index contributed by atoms with van der Waals surface area (Å²) < 4.78 is 5.45. The summed E-state index contributed by atoms with van der Waals surface area (Å²) in [6, 6.07) is 18.7. The van der Waals surface area contributed by atoms with E-state index in [4.69, 9.17) is 4.74 Å². The molecule has 7 heteroatoms. The number of urea groups is 1. The number of nitrogens with zero attached hydrogens (tertiary/aromatic N) is 2. The Bertz CT molecular complexity index is 880. The minimum Gasteiger partial charge on any atom is -0.452 e. The van der Waals surface area contributed by atoms with Crippen molar-refractivity contribution in [1.82, 2.24) is 9.80 Å². The van der Waals surface area contributed by atoms with Crippen LogP contribution in [0, 0.1) is 5.92 Å². The molecule has 1 N–H and O–H groups in total. The fraction of sp³-hybridized carbons (Fsp3) is 0.375. The van der Waals surface area contributed by atoms with Crippen LogP contribution in [0.25, 0.3) is 0 Å². The van der Waals surface area contributed by atoms with Crippen LogP contribution in [0.5, 0.6) is 0 Å². The van der Waals surface area contributed by atoms with E-state index in [1.807, 2.05) is 60.7 Å². The molecule has 0 radical (unpaired) electrons. The first-order chi connectivity index (χ1) is 14.9. The standard InChI is InChI=1S/C24H29N3O4/c1-18(22(28)26(2)17-19-9-5-3-6-10-19)31-23(29)20-13-15-27(16-14-20)24(30)25-21-11-7-4-8-12-21/h3-12,18,20H,13-17H2,1-2H3,(H,25,30)/t18-/m0/s1. The zero-order chi connectivity index (χ0) is 22.2. The number of likely N-dealkylation sites (tertiary alicyclic amines) is 1. The van der Waals surface area contributed by atoms with Crippen LogP contribution >= 0.6 is 0 Å². The van der Waals surface area contributed by atoms with E-state index in [-0.39, 0.29) is 23.8 Å². The first-order valence-corrected chi connectivity index (χ1v) is 10.5. The van der Waals surface area contributed by atoms with Crippen LogP contribution in [0.2, 0.25) is 0 Å². The molecule has 31 heavy (non-hydrogen) atoms. The van der Waals surface area contributed by atoms with E-state index in [0.717, 1.165) is 11.3 Å². The molecule has 2 aromatic rings. The molecule has 1 saturated heterocycles. The van der Waals surface area contributed by atoms with Crippen molar-refractivity contribution in [2.24, 2.45) is 5.92 Å². The molecule has 2 aromatic carbocycles.